The lowest BCUT2D eigenvalue weighted by atomic mass is 9.94. The van der Waals surface area contributed by atoms with Gasteiger partial charge in [0, 0.05) is 33.1 Å². The smallest absolute Gasteiger partial charge is 0.276 e. The summed E-state index contributed by atoms with van der Waals surface area (Å²) in [6, 6.07) is 8.31. The maximum Gasteiger partial charge on any atom is 0.276 e. The van der Waals surface area contributed by atoms with Crippen molar-refractivity contribution in [2.24, 2.45) is 0 Å². The summed E-state index contributed by atoms with van der Waals surface area (Å²) in [5, 5.41) is 7.83. The second-order valence-electron chi connectivity index (χ2n) is 6.68. The van der Waals surface area contributed by atoms with Crippen LogP contribution in [-0.2, 0) is 11.3 Å². The van der Waals surface area contributed by atoms with Crippen LogP contribution in [0.25, 0.3) is 0 Å². The number of aryl methyl sites for hydroxylation is 1. The number of carbonyl (C=O) groups is 2. The molecule has 1 saturated heterocycles. The fourth-order valence-electron chi connectivity index (χ4n) is 3.16. The molecule has 3 rings (SSSR count). The predicted molar refractivity (Wildman–Crippen MR) is 93.2 cm³/mol. The molecular weight excluding hydrogens is 318 g/mol. The highest BCUT2D eigenvalue weighted by Gasteiger charge is 2.30. The Balaban J connectivity index is 1.66. The number of benzene rings is 1. The number of aromatic nitrogens is 3. The lowest BCUT2D eigenvalue weighted by Gasteiger charge is -2.16. The van der Waals surface area contributed by atoms with E-state index in [0.717, 1.165) is 6.42 Å². The first-order valence-corrected chi connectivity index (χ1v) is 8.41. The molecule has 7 heteroatoms. The third kappa shape index (κ3) is 3.70. The van der Waals surface area contributed by atoms with Crippen LogP contribution in [0.15, 0.2) is 30.5 Å². The third-order valence-electron chi connectivity index (χ3n) is 4.66. The molecule has 25 heavy (non-hydrogen) atoms. The zero-order valence-electron chi connectivity index (χ0n) is 14.8. The first-order valence-electron chi connectivity index (χ1n) is 8.41. The van der Waals surface area contributed by atoms with E-state index in [-0.39, 0.29) is 24.1 Å². The fourth-order valence-corrected chi connectivity index (χ4v) is 3.16. The van der Waals surface area contributed by atoms with Crippen LogP contribution >= 0.6 is 0 Å². The van der Waals surface area contributed by atoms with Gasteiger partial charge in [-0.2, -0.15) is 0 Å². The minimum absolute atomic E-state index is 0.0825. The molecule has 1 unspecified atom stereocenters. The van der Waals surface area contributed by atoms with E-state index in [0.29, 0.717) is 19.0 Å². The molecule has 1 aromatic carbocycles. The maximum atomic E-state index is 12.7. The lowest BCUT2D eigenvalue weighted by Crippen LogP contribution is -2.29. The van der Waals surface area contributed by atoms with E-state index in [2.05, 4.69) is 29.4 Å². The van der Waals surface area contributed by atoms with Crippen LogP contribution in [0.2, 0.25) is 0 Å². The summed E-state index contributed by atoms with van der Waals surface area (Å²) in [4.78, 5) is 27.7. The maximum absolute atomic E-state index is 12.7. The van der Waals surface area contributed by atoms with Crippen LogP contribution in [-0.4, -0.2) is 63.8 Å². The molecule has 0 N–H and O–H groups in total. The minimum atomic E-state index is -0.125. The highest BCUT2D eigenvalue weighted by Crippen LogP contribution is 2.29. The molecule has 7 nitrogen and oxygen atoms in total. The largest absolute Gasteiger partial charge is 0.347 e. The molecule has 132 valence electrons. The van der Waals surface area contributed by atoms with Gasteiger partial charge in [-0.1, -0.05) is 29.5 Å². The Labute approximate surface area is 147 Å². The number of hydrogen-bond donors (Lipinski definition) is 0. The highest BCUT2D eigenvalue weighted by molar-refractivity contribution is 5.92. The van der Waals surface area contributed by atoms with Gasteiger partial charge in [-0.25, -0.2) is 4.68 Å². The van der Waals surface area contributed by atoms with Gasteiger partial charge >= 0.3 is 0 Å². The van der Waals surface area contributed by atoms with Crippen molar-refractivity contribution in [3.8, 4) is 0 Å². The summed E-state index contributed by atoms with van der Waals surface area (Å²) in [7, 11) is 3.36. The monoisotopic (exact) mass is 341 g/mol. The SMILES string of the molecule is Cc1ccccc1C1CCN(C(=O)c2cn(CC(=O)N(C)C)nn2)C1. The van der Waals surface area contributed by atoms with Gasteiger partial charge in [0.1, 0.15) is 6.54 Å². The average molecular weight is 341 g/mol. The van der Waals surface area contributed by atoms with Gasteiger partial charge in [-0.15, -0.1) is 5.10 Å². The van der Waals surface area contributed by atoms with Gasteiger partial charge in [0.05, 0.1) is 6.20 Å². The molecular formula is C18H23N5O2. The van der Waals surface area contributed by atoms with Crippen LogP contribution in [0.4, 0.5) is 0 Å². The number of hydrogen-bond acceptors (Lipinski definition) is 4. The summed E-state index contributed by atoms with van der Waals surface area (Å²) in [5.74, 6) is 0.139. The molecule has 2 heterocycles. The minimum Gasteiger partial charge on any atom is -0.347 e. The number of likely N-dealkylation sites (N-methyl/N-ethyl adjacent to an activating group) is 1. The fraction of sp³-hybridized carbons (Fsp3) is 0.444. The molecule has 0 spiro atoms. The molecule has 1 aromatic heterocycles. The van der Waals surface area contributed by atoms with Crippen LogP contribution in [0, 0.1) is 6.92 Å². The van der Waals surface area contributed by atoms with Crippen LogP contribution < -0.4 is 0 Å². The summed E-state index contributed by atoms with van der Waals surface area (Å²) >= 11 is 0. The second-order valence-corrected chi connectivity index (χ2v) is 6.68. The molecule has 1 aliphatic rings. The summed E-state index contributed by atoms with van der Waals surface area (Å²) in [6.07, 6.45) is 2.49. The summed E-state index contributed by atoms with van der Waals surface area (Å²) in [6.45, 7) is 3.58. The number of nitrogens with zero attached hydrogens (tertiary/aromatic N) is 5. The Bertz CT molecular complexity index is 783. The van der Waals surface area contributed by atoms with E-state index in [1.54, 1.807) is 20.3 Å². The molecule has 0 aliphatic carbocycles. The number of amides is 2. The van der Waals surface area contributed by atoms with Crippen molar-refractivity contribution in [1.29, 1.82) is 0 Å². The van der Waals surface area contributed by atoms with Gasteiger partial charge in [0.25, 0.3) is 5.91 Å². The van der Waals surface area contributed by atoms with E-state index in [4.69, 9.17) is 0 Å². The van der Waals surface area contributed by atoms with Crippen LogP contribution in [0.5, 0.6) is 0 Å². The normalized spacial score (nSPS) is 16.9. The van der Waals surface area contributed by atoms with E-state index >= 15 is 0 Å². The average Bonchev–Trinajstić information content (AvgIpc) is 3.24. The first kappa shape index (κ1) is 17.1. The van der Waals surface area contributed by atoms with Crippen LogP contribution in [0.3, 0.4) is 0 Å². The van der Waals surface area contributed by atoms with Gasteiger partial charge < -0.3 is 9.80 Å². The Morgan fingerprint density at radius 2 is 2.04 bits per heavy atom. The Hall–Kier alpha value is -2.70. The second kappa shape index (κ2) is 7.04. The van der Waals surface area contributed by atoms with Crippen molar-refractivity contribution < 1.29 is 9.59 Å². The van der Waals surface area contributed by atoms with Gasteiger partial charge in [0.15, 0.2) is 5.69 Å². The van der Waals surface area contributed by atoms with E-state index < -0.39 is 0 Å². The van der Waals surface area contributed by atoms with Crippen molar-refractivity contribution >= 4 is 11.8 Å². The zero-order chi connectivity index (χ0) is 18.0. The van der Waals surface area contributed by atoms with Crippen molar-refractivity contribution in [3.63, 3.8) is 0 Å². The molecule has 2 amide bonds. The molecule has 1 atom stereocenters. The molecule has 0 bridgehead atoms. The lowest BCUT2D eigenvalue weighted by molar-refractivity contribution is -0.129. The predicted octanol–water partition coefficient (Wildman–Crippen LogP) is 1.30. The first-order chi connectivity index (χ1) is 12.0. The number of rotatable bonds is 4. The third-order valence-corrected chi connectivity index (χ3v) is 4.66. The topological polar surface area (TPSA) is 71.3 Å². The van der Waals surface area contributed by atoms with Crippen LogP contribution in [0.1, 0.15) is 34.0 Å². The Kier molecular flexibility index (Phi) is 4.83. The molecule has 0 radical (unpaired) electrons. The van der Waals surface area contributed by atoms with Crippen molar-refractivity contribution in [2.75, 3.05) is 27.2 Å². The van der Waals surface area contributed by atoms with Crippen molar-refractivity contribution in [2.45, 2.75) is 25.8 Å². The quantitative estimate of drug-likeness (QED) is 0.840. The summed E-state index contributed by atoms with van der Waals surface area (Å²) < 4.78 is 1.41. The summed E-state index contributed by atoms with van der Waals surface area (Å²) in [5.41, 5.74) is 2.85. The molecule has 0 saturated carbocycles. The van der Waals surface area contributed by atoms with E-state index in [1.165, 1.54) is 20.7 Å². The zero-order valence-corrected chi connectivity index (χ0v) is 14.8. The Morgan fingerprint density at radius 3 is 2.76 bits per heavy atom. The van der Waals surface area contributed by atoms with Crippen molar-refractivity contribution in [1.82, 2.24) is 24.8 Å². The van der Waals surface area contributed by atoms with E-state index in [9.17, 15) is 9.59 Å². The molecule has 2 aromatic rings. The van der Waals surface area contributed by atoms with Crippen molar-refractivity contribution in [3.05, 3.63) is 47.3 Å². The van der Waals surface area contributed by atoms with E-state index in [1.807, 2.05) is 17.0 Å². The molecule has 1 aliphatic heterocycles. The number of carbonyl (C=O) groups excluding carboxylic acids is 2. The van der Waals surface area contributed by atoms with Gasteiger partial charge in [-0.05, 0) is 24.5 Å². The highest BCUT2D eigenvalue weighted by atomic mass is 16.2. The molecule has 1 fully saturated rings. The van der Waals surface area contributed by atoms with Gasteiger partial charge in [-0.3, -0.25) is 9.59 Å². The number of likely N-dealkylation sites (tertiary alicyclic amines) is 1. The van der Waals surface area contributed by atoms with Gasteiger partial charge in [0.2, 0.25) is 5.91 Å². The Morgan fingerprint density at radius 1 is 1.28 bits per heavy atom. The standard InChI is InChI=1S/C18H23N5O2/c1-13-6-4-5-7-15(13)14-8-9-22(10-14)18(25)16-11-23(20-19-16)12-17(24)21(2)3/h4-7,11,14H,8-10,12H2,1-3H3.